The molecule has 6 heteroatoms. The number of aliphatic hydroxyl groups is 2. The van der Waals surface area contributed by atoms with Crippen molar-refractivity contribution in [2.24, 2.45) is 0 Å². The van der Waals surface area contributed by atoms with Crippen molar-refractivity contribution in [1.82, 2.24) is 0 Å². The summed E-state index contributed by atoms with van der Waals surface area (Å²) in [4.78, 5) is 0. The highest BCUT2D eigenvalue weighted by molar-refractivity contribution is 6.08. The first kappa shape index (κ1) is 36.9. The Hall–Kier alpha value is -3.48. The van der Waals surface area contributed by atoms with Gasteiger partial charge in [0.05, 0.1) is 12.2 Å². The summed E-state index contributed by atoms with van der Waals surface area (Å²) in [5, 5.41) is 44.5. The highest BCUT2D eigenvalue weighted by Gasteiger charge is 2.52. The first-order chi connectivity index (χ1) is 25.4. The third kappa shape index (κ3) is 6.86. The molecule has 4 aromatic rings. The van der Waals surface area contributed by atoms with Crippen LogP contribution in [0.2, 0.25) is 0 Å². The standard InChI is InChI=1S/C46H64N4O2/c1-5-9-13-27-45(28-14-10-6-2)47-35-21-17-19-31-33(23-25-37(49-45)39(31)35)41-43(51)42(44(41)52)34-24-26-38-40-32(34)20-18-22-36(40)48-46(50-38,29-15-11-7-3)30-16-12-8-4/h17-26,41-44,47-52H,5-16,27-30H2,1-4H3. The van der Waals surface area contributed by atoms with Gasteiger partial charge in [0.15, 0.2) is 0 Å². The van der Waals surface area contributed by atoms with Crippen LogP contribution in [0.25, 0.3) is 21.5 Å². The van der Waals surface area contributed by atoms with E-state index in [9.17, 15) is 10.2 Å². The number of unbranched alkanes of at least 4 members (excludes halogenated alkanes) is 8. The Kier molecular flexibility index (Phi) is 11.2. The van der Waals surface area contributed by atoms with Crippen molar-refractivity contribution in [3.63, 3.8) is 0 Å². The molecule has 0 amide bonds. The minimum atomic E-state index is -0.692. The molecule has 280 valence electrons. The molecule has 0 atom stereocenters. The molecule has 6 N–H and O–H groups in total. The SMILES string of the molecule is CCCCCC1(CCCCC)Nc2cccc3c(C4C(O)C(c5ccc6c7c(cccc57)NC(CCCCC)(CCCCC)N6)C4O)ccc(c23)N1. The summed E-state index contributed by atoms with van der Waals surface area (Å²) in [5.41, 5.74) is 6.37. The maximum absolute atomic E-state index is 12.0. The summed E-state index contributed by atoms with van der Waals surface area (Å²) in [5.74, 6) is -0.719. The fraction of sp³-hybridized carbons (Fsp3) is 0.565. The molecule has 0 aromatic heterocycles. The first-order valence-electron chi connectivity index (χ1n) is 21.0. The second kappa shape index (κ2) is 15.9. The molecule has 1 aliphatic carbocycles. The molecule has 2 aliphatic heterocycles. The van der Waals surface area contributed by atoms with E-state index in [1.165, 1.54) is 87.8 Å². The fourth-order valence-electron chi connectivity index (χ4n) is 9.85. The van der Waals surface area contributed by atoms with Crippen LogP contribution in [-0.4, -0.2) is 33.7 Å². The summed E-state index contributed by atoms with van der Waals surface area (Å²) >= 11 is 0. The number of hydrogen-bond acceptors (Lipinski definition) is 6. The van der Waals surface area contributed by atoms with Crippen molar-refractivity contribution < 1.29 is 10.2 Å². The Morgan fingerprint density at radius 3 is 1.10 bits per heavy atom. The lowest BCUT2D eigenvalue weighted by atomic mass is 9.62. The van der Waals surface area contributed by atoms with Gasteiger partial charge in [-0.1, -0.05) is 115 Å². The Morgan fingerprint density at radius 2 is 0.769 bits per heavy atom. The predicted molar refractivity (Wildman–Crippen MR) is 222 cm³/mol. The Balaban J connectivity index is 1.16. The van der Waals surface area contributed by atoms with Crippen LogP contribution >= 0.6 is 0 Å². The third-order valence-corrected chi connectivity index (χ3v) is 12.7. The van der Waals surface area contributed by atoms with E-state index >= 15 is 0 Å². The summed E-state index contributed by atoms with van der Waals surface area (Å²) in [6, 6.07) is 21.8. The Bertz CT molecular complexity index is 1650. The molecule has 0 radical (unpaired) electrons. The van der Waals surface area contributed by atoms with Crippen molar-refractivity contribution in [3.8, 4) is 0 Å². The number of benzene rings is 4. The largest absolute Gasteiger partial charge is 0.392 e. The summed E-state index contributed by atoms with van der Waals surface area (Å²) in [6.07, 6.45) is 17.5. The van der Waals surface area contributed by atoms with E-state index in [4.69, 9.17) is 0 Å². The maximum Gasteiger partial charge on any atom is 0.108 e. The fourth-order valence-corrected chi connectivity index (χ4v) is 9.85. The smallest absolute Gasteiger partial charge is 0.108 e. The molecule has 52 heavy (non-hydrogen) atoms. The monoisotopic (exact) mass is 705 g/mol. The number of aliphatic hydroxyl groups excluding tert-OH is 2. The van der Waals surface area contributed by atoms with Gasteiger partial charge in [0.2, 0.25) is 0 Å². The van der Waals surface area contributed by atoms with Crippen molar-refractivity contribution in [1.29, 1.82) is 0 Å². The molecule has 0 spiro atoms. The molecule has 7 rings (SSSR count). The molecule has 3 aliphatic rings. The molecule has 1 saturated carbocycles. The van der Waals surface area contributed by atoms with Gasteiger partial charge >= 0.3 is 0 Å². The second-order valence-corrected chi connectivity index (χ2v) is 16.4. The van der Waals surface area contributed by atoms with Gasteiger partial charge in [-0.15, -0.1) is 0 Å². The van der Waals surface area contributed by atoms with Gasteiger partial charge in [0.1, 0.15) is 11.3 Å². The molecule has 0 bridgehead atoms. The van der Waals surface area contributed by atoms with Gasteiger partial charge in [-0.05, 0) is 97.5 Å². The zero-order chi connectivity index (χ0) is 36.3. The zero-order valence-corrected chi connectivity index (χ0v) is 32.3. The lowest BCUT2D eigenvalue weighted by Gasteiger charge is -2.49. The highest BCUT2D eigenvalue weighted by atomic mass is 16.3. The predicted octanol–water partition coefficient (Wildman–Crippen LogP) is 12.0. The summed E-state index contributed by atoms with van der Waals surface area (Å²) in [7, 11) is 0. The Labute approximate surface area is 312 Å². The van der Waals surface area contributed by atoms with E-state index in [-0.39, 0.29) is 23.2 Å². The first-order valence-corrected chi connectivity index (χ1v) is 21.0. The van der Waals surface area contributed by atoms with Crippen LogP contribution in [0.15, 0.2) is 60.7 Å². The van der Waals surface area contributed by atoms with Crippen LogP contribution in [0.1, 0.15) is 153 Å². The van der Waals surface area contributed by atoms with E-state index < -0.39 is 12.2 Å². The zero-order valence-electron chi connectivity index (χ0n) is 32.3. The average molecular weight is 705 g/mol. The van der Waals surface area contributed by atoms with Gasteiger partial charge in [0.25, 0.3) is 0 Å². The minimum Gasteiger partial charge on any atom is -0.392 e. The van der Waals surface area contributed by atoms with Gasteiger partial charge in [-0.2, -0.15) is 0 Å². The van der Waals surface area contributed by atoms with Crippen LogP contribution in [0.3, 0.4) is 0 Å². The number of nitrogens with one attached hydrogen (secondary N) is 4. The van der Waals surface area contributed by atoms with Crippen molar-refractivity contribution in [3.05, 3.63) is 71.8 Å². The normalized spacial score (nSPS) is 22.3. The van der Waals surface area contributed by atoms with Crippen LogP contribution in [0.4, 0.5) is 22.7 Å². The van der Waals surface area contributed by atoms with Gasteiger partial charge in [0, 0.05) is 45.4 Å². The minimum absolute atomic E-state index is 0.156. The van der Waals surface area contributed by atoms with Crippen molar-refractivity contribution in [2.75, 3.05) is 21.3 Å². The van der Waals surface area contributed by atoms with Crippen LogP contribution in [-0.2, 0) is 0 Å². The van der Waals surface area contributed by atoms with E-state index in [1.807, 2.05) is 0 Å². The van der Waals surface area contributed by atoms with Crippen molar-refractivity contribution >= 4 is 44.3 Å². The summed E-state index contributed by atoms with van der Waals surface area (Å²) < 4.78 is 0. The molecule has 6 nitrogen and oxygen atoms in total. The number of hydrogen-bond donors (Lipinski definition) is 6. The van der Waals surface area contributed by atoms with E-state index in [0.717, 1.165) is 70.3 Å². The quantitative estimate of drug-likeness (QED) is 0.0578. The maximum atomic E-state index is 12.0. The number of rotatable bonds is 18. The average Bonchev–Trinajstić information content (AvgIpc) is 3.14. The van der Waals surface area contributed by atoms with Gasteiger partial charge in [-0.3, -0.25) is 0 Å². The molecular weight excluding hydrogens is 641 g/mol. The summed E-state index contributed by atoms with van der Waals surface area (Å²) in [6.45, 7) is 9.08. The van der Waals surface area contributed by atoms with E-state index in [2.05, 4.69) is 110 Å². The van der Waals surface area contributed by atoms with Gasteiger partial charge in [-0.25, -0.2) is 0 Å². The third-order valence-electron chi connectivity index (χ3n) is 12.7. The van der Waals surface area contributed by atoms with Crippen LogP contribution in [0, 0.1) is 0 Å². The molecule has 1 fully saturated rings. The van der Waals surface area contributed by atoms with Crippen molar-refractivity contribution in [2.45, 2.75) is 166 Å². The Morgan fingerprint density at radius 1 is 0.442 bits per heavy atom. The molecule has 4 aromatic carbocycles. The molecule has 0 unspecified atom stereocenters. The van der Waals surface area contributed by atoms with Crippen LogP contribution < -0.4 is 21.3 Å². The number of anilines is 4. The molecule has 0 saturated heterocycles. The van der Waals surface area contributed by atoms with Gasteiger partial charge < -0.3 is 31.5 Å². The molecular formula is C46H64N4O2. The molecule has 2 heterocycles. The van der Waals surface area contributed by atoms with E-state index in [1.54, 1.807) is 0 Å². The van der Waals surface area contributed by atoms with Crippen LogP contribution in [0.5, 0.6) is 0 Å². The topological polar surface area (TPSA) is 88.6 Å². The second-order valence-electron chi connectivity index (χ2n) is 16.4. The highest BCUT2D eigenvalue weighted by Crippen LogP contribution is 2.54. The lowest BCUT2D eigenvalue weighted by molar-refractivity contribution is -0.0775. The van der Waals surface area contributed by atoms with E-state index in [0.29, 0.717) is 0 Å². The lowest BCUT2D eigenvalue weighted by Crippen LogP contribution is -2.52.